The molecule has 2 N–H and O–H groups in total. The molecule has 0 atom stereocenters. The van der Waals surface area contributed by atoms with Crippen molar-refractivity contribution < 1.29 is 14.3 Å². The molecule has 0 saturated heterocycles. The highest BCUT2D eigenvalue weighted by molar-refractivity contribution is 5.86. The smallest absolute Gasteiger partial charge is 0.231 e. The molecule has 1 amide bonds. The minimum atomic E-state index is -0.0484. The van der Waals surface area contributed by atoms with Gasteiger partial charge >= 0.3 is 0 Å². The van der Waals surface area contributed by atoms with E-state index in [1.807, 2.05) is 36.4 Å². The number of anilines is 1. The Balaban J connectivity index is 1.38. The van der Waals surface area contributed by atoms with Crippen LogP contribution in [0.4, 0.5) is 5.82 Å². The molecular formula is C21H18N4O3. The maximum atomic E-state index is 12.0. The molecule has 2 aromatic carbocycles. The van der Waals surface area contributed by atoms with Crippen LogP contribution < -0.4 is 20.1 Å². The van der Waals surface area contributed by atoms with Crippen molar-refractivity contribution in [3.63, 3.8) is 0 Å². The zero-order valence-electron chi connectivity index (χ0n) is 15.1. The Morgan fingerprint density at radius 3 is 2.68 bits per heavy atom. The fraction of sp³-hybridized carbons (Fsp3) is 0.190. The van der Waals surface area contributed by atoms with Crippen LogP contribution in [-0.2, 0) is 11.2 Å². The lowest BCUT2D eigenvalue weighted by Crippen LogP contribution is -2.30. The number of pyridine rings is 1. The number of amides is 1. The van der Waals surface area contributed by atoms with Gasteiger partial charge in [0, 0.05) is 24.5 Å². The molecule has 1 aliphatic heterocycles. The monoisotopic (exact) mass is 374 g/mol. The summed E-state index contributed by atoms with van der Waals surface area (Å²) in [5.74, 6) is 1.72. The summed E-state index contributed by atoms with van der Waals surface area (Å²) >= 11 is 0. The fourth-order valence-corrected chi connectivity index (χ4v) is 3.01. The Morgan fingerprint density at radius 2 is 1.89 bits per heavy atom. The molecule has 0 saturated carbocycles. The van der Waals surface area contributed by atoms with Gasteiger partial charge in [-0.1, -0.05) is 30.3 Å². The van der Waals surface area contributed by atoms with Gasteiger partial charge in [-0.2, -0.15) is 5.26 Å². The van der Waals surface area contributed by atoms with E-state index in [0.717, 1.165) is 10.9 Å². The Kier molecular flexibility index (Phi) is 4.93. The molecule has 0 aliphatic carbocycles. The number of fused-ring (bicyclic) bond motifs is 2. The molecule has 28 heavy (non-hydrogen) atoms. The molecule has 4 rings (SSSR count). The van der Waals surface area contributed by atoms with Crippen LogP contribution in [0.2, 0.25) is 0 Å². The van der Waals surface area contributed by atoms with Gasteiger partial charge in [-0.05, 0) is 17.7 Å². The number of rotatable bonds is 6. The van der Waals surface area contributed by atoms with Gasteiger partial charge in [-0.3, -0.25) is 4.79 Å². The predicted octanol–water partition coefficient (Wildman–Crippen LogP) is 2.61. The molecule has 0 fully saturated rings. The van der Waals surface area contributed by atoms with Crippen LogP contribution in [0.5, 0.6) is 11.5 Å². The van der Waals surface area contributed by atoms with E-state index in [9.17, 15) is 10.1 Å². The fourth-order valence-electron chi connectivity index (χ4n) is 3.01. The average molecular weight is 374 g/mol. The number of carbonyl (C=O) groups is 1. The van der Waals surface area contributed by atoms with Crippen LogP contribution in [0.3, 0.4) is 0 Å². The standard InChI is InChI=1S/C21H18N4O3/c22-12-16-9-15-10-18-19(28-13-27-18)11-17(15)25-21(16)24-7-6-23-20(26)8-14-4-2-1-3-5-14/h1-5,9-11H,6-8,13H2,(H,23,26)(H,24,25). The summed E-state index contributed by atoms with van der Waals surface area (Å²) < 4.78 is 10.7. The van der Waals surface area contributed by atoms with Crippen molar-refractivity contribution in [3.8, 4) is 17.6 Å². The highest BCUT2D eigenvalue weighted by Crippen LogP contribution is 2.36. The zero-order chi connectivity index (χ0) is 19.3. The van der Waals surface area contributed by atoms with E-state index in [1.54, 1.807) is 12.1 Å². The maximum absolute atomic E-state index is 12.0. The number of nitrogens with zero attached hydrogens (tertiary/aromatic N) is 2. The van der Waals surface area contributed by atoms with Gasteiger partial charge in [-0.15, -0.1) is 0 Å². The average Bonchev–Trinajstić information content (AvgIpc) is 3.16. The van der Waals surface area contributed by atoms with Crippen LogP contribution >= 0.6 is 0 Å². The van der Waals surface area contributed by atoms with E-state index >= 15 is 0 Å². The van der Waals surface area contributed by atoms with Gasteiger partial charge in [-0.25, -0.2) is 4.98 Å². The Bertz CT molecular complexity index is 1060. The first-order valence-corrected chi connectivity index (χ1v) is 8.92. The number of hydrogen-bond donors (Lipinski definition) is 2. The van der Waals surface area contributed by atoms with Crippen LogP contribution in [0, 0.1) is 11.3 Å². The molecule has 7 nitrogen and oxygen atoms in total. The summed E-state index contributed by atoms with van der Waals surface area (Å²) in [5.41, 5.74) is 2.11. The third-order valence-corrected chi connectivity index (χ3v) is 4.38. The van der Waals surface area contributed by atoms with Gasteiger partial charge < -0.3 is 20.1 Å². The number of aromatic nitrogens is 1. The third kappa shape index (κ3) is 3.81. The van der Waals surface area contributed by atoms with Crippen molar-refractivity contribution in [2.45, 2.75) is 6.42 Å². The molecule has 0 radical (unpaired) electrons. The quantitative estimate of drug-likeness (QED) is 0.644. The topological polar surface area (TPSA) is 96.3 Å². The molecule has 0 spiro atoms. The molecule has 3 aromatic rings. The number of nitrogens with one attached hydrogen (secondary N) is 2. The minimum absolute atomic E-state index is 0.0484. The zero-order valence-corrected chi connectivity index (χ0v) is 15.1. The lowest BCUT2D eigenvalue weighted by atomic mass is 10.1. The van der Waals surface area contributed by atoms with Crippen molar-refractivity contribution in [2.75, 3.05) is 25.2 Å². The molecular weight excluding hydrogens is 356 g/mol. The summed E-state index contributed by atoms with van der Waals surface area (Å²) in [7, 11) is 0. The number of benzene rings is 2. The maximum Gasteiger partial charge on any atom is 0.231 e. The SMILES string of the molecule is N#Cc1cc2cc3c(cc2nc1NCCNC(=O)Cc1ccccc1)OCO3. The minimum Gasteiger partial charge on any atom is -0.454 e. The highest BCUT2D eigenvalue weighted by Gasteiger charge is 2.16. The van der Waals surface area contributed by atoms with Gasteiger partial charge in [0.05, 0.1) is 17.5 Å². The van der Waals surface area contributed by atoms with E-state index < -0.39 is 0 Å². The van der Waals surface area contributed by atoms with Crippen LogP contribution in [0.1, 0.15) is 11.1 Å². The molecule has 0 unspecified atom stereocenters. The molecule has 1 aromatic heterocycles. The molecule has 140 valence electrons. The Morgan fingerprint density at radius 1 is 1.11 bits per heavy atom. The largest absolute Gasteiger partial charge is 0.454 e. The predicted molar refractivity (Wildman–Crippen MR) is 104 cm³/mol. The second kappa shape index (κ2) is 7.84. The normalized spacial score (nSPS) is 11.8. The highest BCUT2D eigenvalue weighted by atomic mass is 16.7. The summed E-state index contributed by atoms with van der Waals surface area (Å²) in [5, 5.41) is 16.2. The van der Waals surface area contributed by atoms with Gasteiger partial charge in [0.25, 0.3) is 0 Å². The van der Waals surface area contributed by atoms with Crippen molar-refractivity contribution in [2.24, 2.45) is 0 Å². The molecule has 7 heteroatoms. The summed E-state index contributed by atoms with van der Waals surface area (Å²) in [4.78, 5) is 16.5. The lowest BCUT2D eigenvalue weighted by molar-refractivity contribution is -0.120. The second-order valence-corrected chi connectivity index (χ2v) is 6.33. The number of ether oxygens (including phenoxy) is 2. The van der Waals surface area contributed by atoms with Gasteiger partial charge in [0.2, 0.25) is 12.7 Å². The van der Waals surface area contributed by atoms with E-state index in [4.69, 9.17) is 9.47 Å². The van der Waals surface area contributed by atoms with Crippen LogP contribution in [0.15, 0.2) is 48.5 Å². The van der Waals surface area contributed by atoms with E-state index in [-0.39, 0.29) is 12.7 Å². The van der Waals surface area contributed by atoms with Gasteiger partial charge in [0.15, 0.2) is 11.5 Å². The second-order valence-electron chi connectivity index (χ2n) is 6.33. The summed E-state index contributed by atoms with van der Waals surface area (Å²) in [6.45, 7) is 1.07. The Labute approximate surface area is 161 Å². The molecule has 2 heterocycles. The number of nitriles is 1. The van der Waals surface area contributed by atoms with E-state index in [2.05, 4.69) is 21.7 Å². The van der Waals surface area contributed by atoms with Crippen LogP contribution in [0.25, 0.3) is 10.9 Å². The molecule has 1 aliphatic rings. The van der Waals surface area contributed by atoms with Crippen molar-refractivity contribution in [1.82, 2.24) is 10.3 Å². The first-order valence-electron chi connectivity index (χ1n) is 8.92. The van der Waals surface area contributed by atoms with Crippen LogP contribution in [-0.4, -0.2) is 30.8 Å². The first-order chi connectivity index (χ1) is 13.7. The molecule has 0 bridgehead atoms. The van der Waals surface area contributed by atoms with E-state index in [0.29, 0.717) is 47.9 Å². The van der Waals surface area contributed by atoms with Crippen molar-refractivity contribution in [3.05, 3.63) is 59.7 Å². The van der Waals surface area contributed by atoms with Crippen molar-refractivity contribution in [1.29, 1.82) is 5.26 Å². The summed E-state index contributed by atoms with van der Waals surface area (Å²) in [6.07, 6.45) is 0.339. The first kappa shape index (κ1) is 17.6. The lowest BCUT2D eigenvalue weighted by Gasteiger charge is -2.10. The Hall–Kier alpha value is -3.79. The van der Waals surface area contributed by atoms with Gasteiger partial charge in [0.1, 0.15) is 11.9 Å². The number of hydrogen-bond acceptors (Lipinski definition) is 6. The number of carbonyl (C=O) groups excluding carboxylic acids is 1. The van der Waals surface area contributed by atoms with E-state index in [1.165, 1.54) is 0 Å². The third-order valence-electron chi connectivity index (χ3n) is 4.38. The van der Waals surface area contributed by atoms with Crippen molar-refractivity contribution >= 4 is 22.6 Å². The summed E-state index contributed by atoms with van der Waals surface area (Å²) in [6, 6.07) is 17.1.